The van der Waals surface area contributed by atoms with E-state index in [4.69, 9.17) is 12.2 Å². The van der Waals surface area contributed by atoms with Gasteiger partial charge in [-0.2, -0.15) is 0 Å². The number of amides is 1. The molecule has 5 heteroatoms. The molecular formula is C13H20N2O3. The van der Waals surface area contributed by atoms with Crippen LogP contribution in [0.15, 0.2) is 0 Å². The van der Waals surface area contributed by atoms with Crippen LogP contribution in [0.3, 0.4) is 0 Å². The molecule has 1 saturated heterocycles. The number of aliphatic carboxylic acids is 1. The summed E-state index contributed by atoms with van der Waals surface area (Å²) < 4.78 is 0. The number of carboxylic acid groups (broad SMARTS) is 1. The zero-order valence-corrected chi connectivity index (χ0v) is 10.8. The van der Waals surface area contributed by atoms with Crippen LogP contribution >= 0.6 is 0 Å². The van der Waals surface area contributed by atoms with Crippen molar-refractivity contribution in [1.29, 1.82) is 0 Å². The molecule has 1 fully saturated rings. The van der Waals surface area contributed by atoms with E-state index in [0.29, 0.717) is 6.54 Å². The summed E-state index contributed by atoms with van der Waals surface area (Å²) in [6.45, 7) is 4.15. The number of hydrogen-bond donors (Lipinski definition) is 2. The van der Waals surface area contributed by atoms with Crippen molar-refractivity contribution in [3.63, 3.8) is 0 Å². The third-order valence-corrected chi connectivity index (χ3v) is 3.44. The van der Waals surface area contributed by atoms with Crippen molar-refractivity contribution in [3.05, 3.63) is 0 Å². The second-order valence-electron chi connectivity index (χ2n) is 5.38. The van der Waals surface area contributed by atoms with Crippen molar-refractivity contribution in [2.45, 2.75) is 45.2 Å². The van der Waals surface area contributed by atoms with Crippen LogP contribution in [0.5, 0.6) is 0 Å². The molecule has 0 radical (unpaired) electrons. The fourth-order valence-electron chi connectivity index (χ4n) is 2.52. The maximum absolute atomic E-state index is 12.1. The monoisotopic (exact) mass is 252 g/mol. The highest BCUT2D eigenvalue weighted by Gasteiger charge is 2.45. The summed E-state index contributed by atoms with van der Waals surface area (Å²) in [6.07, 6.45) is 6.81. The lowest BCUT2D eigenvalue weighted by atomic mass is 9.76. The fourth-order valence-corrected chi connectivity index (χ4v) is 2.52. The van der Waals surface area contributed by atoms with Crippen molar-refractivity contribution in [2.75, 3.05) is 6.54 Å². The summed E-state index contributed by atoms with van der Waals surface area (Å²) in [6, 6.07) is -1.65. The quantitative estimate of drug-likeness (QED) is 0.714. The Morgan fingerprint density at radius 3 is 2.72 bits per heavy atom. The number of piperidine rings is 1. The minimum Gasteiger partial charge on any atom is -0.480 e. The SMILES string of the molecule is C#CCC(N)C(=O)N1CCCC(C)(C)C1C(=O)O. The molecule has 1 heterocycles. The minimum atomic E-state index is -0.985. The Balaban J connectivity index is 2.95. The second kappa shape index (κ2) is 5.40. The van der Waals surface area contributed by atoms with E-state index in [1.54, 1.807) is 0 Å². The molecule has 2 unspecified atom stereocenters. The average molecular weight is 252 g/mol. The predicted octanol–water partition coefficient (Wildman–Crippen LogP) is 0.439. The van der Waals surface area contributed by atoms with Crippen molar-refractivity contribution >= 4 is 11.9 Å². The summed E-state index contributed by atoms with van der Waals surface area (Å²) in [5.41, 5.74) is 5.23. The van der Waals surface area contributed by atoms with E-state index < -0.39 is 23.5 Å². The van der Waals surface area contributed by atoms with Gasteiger partial charge in [0.25, 0.3) is 0 Å². The number of carbonyl (C=O) groups is 2. The zero-order chi connectivity index (χ0) is 13.9. The lowest BCUT2D eigenvalue weighted by Crippen LogP contribution is -2.59. The molecule has 5 nitrogen and oxygen atoms in total. The van der Waals surface area contributed by atoms with E-state index in [9.17, 15) is 14.7 Å². The Morgan fingerprint density at radius 1 is 1.61 bits per heavy atom. The first-order valence-electron chi connectivity index (χ1n) is 6.03. The van der Waals surface area contributed by atoms with Crippen molar-refractivity contribution in [3.8, 4) is 12.3 Å². The van der Waals surface area contributed by atoms with Crippen LogP contribution in [-0.4, -0.2) is 40.5 Å². The molecule has 18 heavy (non-hydrogen) atoms. The molecular weight excluding hydrogens is 232 g/mol. The van der Waals surface area contributed by atoms with Crippen LogP contribution in [0.1, 0.15) is 33.1 Å². The molecule has 0 saturated carbocycles. The van der Waals surface area contributed by atoms with Crippen molar-refractivity contribution in [2.24, 2.45) is 11.1 Å². The van der Waals surface area contributed by atoms with Gasteiger partial charge in [-0.1, -0.05) is 13.8 Å². The van der Waals surface area contributed by atoms with Crippen LogP contribution in [0, 0.1) is 17.8 Å². The maximum atomic E-state index is 12.1. The second-order valence-corrected chi connectivity index (χ2v) is 5.38. The Labute approximate surface area is 107 Å². The number of carboxylic acids is 1. The lowest BCUT2D eigenvalue weighted by Gasteiger charge is -2.44. The molecule has 3 N–H and O–H groups in total. The van der Waals surface area contributed by atoms with Crippen LogP contribution in [-0.2, 0) is 9.59 Å². The van der Waals surface area contributed by atoms with Crippen LogP contribution in [0.4, 0.5) is 0 Å². The third-order valence-electron chi connectivity index (χ3n) is 3.44. The first-order valence-corrected chi connectivity index (χ1v) is 6.03. The van der Waals surface area contributed by atoms with Crippen molar-refractivity contribution < 1.29 is 14.7 Å². The highest BCUT2D eigenvalue weighted by molar-refractivity contribution is 5.87. The van der Waals surface area contributed by atoms with Crippen LogP contribution in [0.25, 0.3) is 0 Å². The Kier molecular flexibility index (Phi) is 4.36. The Hall–Kier alpha value is -1.54. The molecule has 0 aromatic heterocycles. The molecule has 0 bridgehead atoms. The van der Waals surface area contributed by atoms with Crippen LogP contribution in [0.2, 0.25) is 0 Å². The maximum Gasteiger partial charge on any atom is 0.326 e. The largest absolute Gasteiger partial charge is 0.480 e. The van der Waals surface area contributed by atoms with E-state index in [1.165, 1.54) is 4.90 Å². The Bertz CT molecular complexity index is 384. The number of hydrogen-bond acceptors (Lipinski definition) is 3. The van der Waals surface area contributed by atoms with Crippen molar-refractivity contribution in [1.82, 2.24) is 4.90 Å². The van der Waals surface area contributed by atoms with Gasteiger partial charge in [0.05, 0.1) is 6.04 Å². The van der Waals surface area contributed by atoms with Crippen LogP contribution < -0.4 is 5.73 Å². The number of rotatable bonds is 3. The standard InChI is InChI=1S/C13H20N2O3/c1-4-6-9(14)11(16)15-8-5-7-13(2,3)10(15)12(17)18/h1,9-10H,5-8,14H2,2-3H3,(H,17,18). The van der Waals surface area contributed by atoms with E-state index in [0.717, 1.165) is 12.8 Å². The van der Waals surface area contributed by atoms with E-state index in [-0.39, 0.29) is 12.3 Å². The number of terminal acetylenes is 1. The van der Waals surface area contributed by atoms with Gasteiger partial charge in [0.1, 0.15) is 6.04 Å². The smallest absolute Gasteiger partial charge is 0.326 e. The predicted molar refractivity (Wildman–Crippen MR) is 67.6 cm³/mol. The van der Waals surface area contributed by atoms with E-state index in [1.807, 2.05) is 13.8 Å². The molecule has 2 atom stereocenters. The number of carbonyl (C=O) groups excluding carboxylic acids is 1. The third kappa shape index (κ3) is 2.82. The molecule has 1 aliphatic rings. The molecule has 1 amide bonds. The summed E-state index contributed by atoms with van der Waals surface area (Å²) in [5.74, 6) is 0.980. The number of likely N-dealkylation sites (tertiary alicyclic amines) is 1. The summed E-state index contributed by atoms with van der Waals surface area (Å²) in [4.78, 5) is 24.9. The first-order chi connectivity index (χ1) is 8.31. The zero-order valence-electron chi connectivity index (χ0n) is 10.8. The van der Waals surface area contributed by atoms with Gasteiger partial charge >= 0.3 is 5.97 Å². The van der Waals surface area contributed by atoms with E-state index >= 15 is 0 Å². The minimum absolute atomic E-state index is 0.127. The molecule has 1 aliphatic heterocycles. The lowest BCUT2D eigenvalue weighted by molar-refractivity contribution is -0.159. The van der Waals surface area contributed by atoms with Gasteiger partial charge in [0.2, 0.25) is 5.91 Å². The molecule has 1 rings (SSSR count). The van der Waals surface area contributed by atoms with Gasteiger partial charge in [0, 0.05) is 13.0 Å². The summed E-state index contributed by atoms with van der Waals surface area (Å²) in [7, 11) is 0. The molecule has 0 aromatic carbocycles. The number of nitrogens with two attached hydrogens (primary N) is 1. The fraction of sp³-hybridized carbons (Fsp3) is 0.692. The van der Waals surface area contributed by atoms with Gasteiger partial charge < -0.3 is 15.7 Å². The first kappa shape index (κ1) is 14.5. The molecule has 0 spiro atoms. The van der Waals surface area contributed by atoms with E-state index in [2.05, 4.69) is 5.92 Å². The van der Waals surface area contributed by atoms with Gasteiger partial charge in [0.15, 0.2) is 0 Å². The molecule has 0 aromatic rings. The van der Waals surface area contributed by atoms with Gasteiger partial charge in [-0.25, -0.2) is 4.79 Å². The molecule has 0 aliphatic carbocycles. The summed E-state index contributed by atoms with van der Waals surface area (Å²) >= 11 is 0. The van der Waals surface area contributed by atoms with Gasteiger partial charge in [-0.05, 0) is 18.3 Å². The average Bonchev–Trinajstić information content (AvgIpc) is 2.26. The van der Waals surface area contributed by atoms with Gasteiger partial charge in [-0.15, -0.1) is 12.3 Å². The van der Waals surface area contributed by atoms with Gasteiger partial charge in [-0.3, -0.25) is 4.79 Å². The Morgan fingerprint density at radius 2 is 2.22 bits per heavy atom. The summed E-state index contributed by atoms with van der Waals surface area (Å²) in [5, 5.41) is 9.33. The molecule has 100 valence electrons. The number of nitrogens with zero attached hydrogens (tertiary/aromatic N) is 1. The highest BCUT2D eigenvalue weighted by atomic mass is 16.4. The topological polar surface area (TPSA) is 83.6 Å². The normalized spacial score (nSPS) is 24.1. The highest BCUT2D eigenvalue weighted by Crippen LogP contribution is 2.35.